The van der Waals surface area contributed by atoms with Crippen LogP contribution in [0.1, 0.15) is 60.9 Å². The first-order valence-electron chi connectivity index (χ1n) is 12.9. The molecule has 0 bridgehead atoms. The minimum atomic E-state index is -4.10. The summed E-state index contributed by atoms with van der Waals surface area (Å²) in [5, 5.41) is 8.92. The van der Waals surface area contributed by atoms with E-state index in [1.54, 1.807) is 12.1 Å². The topological polar surface area (TPSA) is 116 Å². The van der Waals surface area contributed by atoms with Crippen molar-refractivity contribution < 1.29 is 18.0 Å². The third kappa shape index (κ3) is 7.35. The normalized spacial score (nSPS) is 15.6. The number of benzene rings is 3. The van der Waals surface area contributed by atoms with Gasteiger partial charge in [-0.25, -0.2) is 22.7 Å². The Morgan fingerprint density at radius 3 is 1.74 bits per heavy atom. The third-order valence-corrected chi connectivity index (χ3v) is 8.07. The minimum absolute atomic E-state index is 0.0147. The quantitative estimate of drug-likeness (QED) is 0.322. The zero-order chi connectivity index (χ0) is 27.0. The van der Waals surface area contributed by atoms with Crippen LogP contribution >= 0.6 is 0 Å². The fourth-order valence-electron chi connectivity index (χ4n) is 4.72. The summed E-state index contributed by atoms with van der Waals surface area (Å²) in [6, 6.07) is 22.1. The molecule has 1 aliphatic rings. The number of amides is 4. The second kappa shape index (κ2) is 12.6. The SMILES string of the molecule is Cc1ccc(S(=O)(=O)NC(=O)N[C@H](c2ccccc2)[C@H](NC(=O)NC2CCCCC2)c2ccccc2)cc1. The van der Waals surface area contributed by atoms with E-state index in [9.17, 15) is 18.0 Å². The molecule has 0 unspecified atom stereocenters. The zero-order valence-electron chi connectivity index (χ0n) is 21.4. The van der Waals surface area contributed by atoms with Crippen LogP contribution in [0.4, 0.5) is 9.59 Å². The lowest BCUT2D eigenvalue weighted by atomic mass is 9.93. The summed E-state index contributed by atoms with van der Waals surface area (Å²) in [5.41, 5.74) is 2.38. The Labute approximate surface area is 224 Å². The van der Waals surface area contributed by atoms with Crippen molar-refractivity contribution in [3.63, 3.8) is 0 Å². The maximum Gasteiger partial charge on any atom is 0.329 e. The van der Waals surface area contributed by atoms with Gasteiger partial charge in [-0.1, -0.05) is 97.6 Å². The highest BCUT2D eigenvalue weighted by molar-refractivity contribution is 7.90. The lowest BCUT2D eigenvalue weighted by Crippen LogP contribution is -2.49. The second-order valence-electron chi connectivity index (χ2n) is 9.62. The van der Waals surface area contributed by atoms with Gasteiger partial charge in [0, 0.05) is 6.04 Å². The Bertz CT molecular complexity index is 1310. The Morgan fingerprint density at radius 2 is 1.21 bits per heavy atom. The lowest BCUT2D eigenvalue weighted by molar-refractivity contribution is 0.221. The predicted octanol–water partition coefficient (Wildman–Crippen LogP) is 5.10. The minimum Gasteiger partial charge on any atom is -0.335 e. The van der Waals surface area contributed by atoms with Gasteiger partial charge in [0.25, 0.3) is 10.0 Å². The van der Waals surface area contributed by atoms with Crippen LogP contribution in [0.15, 0.2) is 89.8 Å². The molecule has 0 aromatic heterocycles. The molecule has 4 rings (SSSR count). The molecule has 0 saturated heterocycles. The largest absolute Gasteiger partial charge is 0.335 e. The second-order valence-corrected chi connectivity index (χ2v) is 11.3. The molecule has 9 heteroatoms. The van der Waals surface area contributed by atoms with Crippen LogP contribution in [0.5, 0.6) is 0 Å². The number of aryl methyl sites for hydroxylation is 1. The van der Waals surface area contributed by atoms with E-state index in [1.165, 1.54) is 18.6 Å². The summed E-state index contributed by atoms with van der Waals surface area (Å²) >= 11 is 0. The van der Waals surface area contributed by atoms with Crippen molar-refractivity contribution in [2.45, 2.75) is 62.0 Å². The maximum absolute atomic E-state index is 13.1. The van der Waals surface area contributed by atoms with Gasteiger partial charge < -0.3 is 16.0 Å². The van der Waals surface area contributed by atoms with Crippen molar-refractivity contribution in [2.75, 3.05) is 0 Å². The molecule has 4 amide bonds. The summed E-state index contributed by atoms with van der Waals surface area (Å²) in [6.45, 7) is 1.85. The van der Waals surface area contributed by atoms with Gasteiger partial charge in [-0.3, -0.25) is 0 Å². The molecule has 38 heavy (non-hydrogen) atoms. The van der Waals surface area contributed by atoms with Gasteiger partial charge >= 0.3 is 12.1 Å². The van der Waals surface area contributed by atoms with Gasteiger partial charge in [-0.2, -0.15) is 0 Å². The zero-order valence-corrected chi connectivity index (χ0v) is 22.2. The van der Waals surface area contributed by atoms with Gasteiger partial charge in [-0.05, 0) is 43.0 Å². The van der Waals surface area contributed by atoms with Crippen molar-refractivity contribution in [1.29, 1.82) is 0 Å². The molecule has 2 atom stereocenters. The molecule has 4 N–H and O–H groups in total. The number of rotatable bonds is 8. The van der Waals surface area contributed by atoms with E-state index >= 15 is 0 Å². The van der Waals surface area contributed by atoms with Gasteiger partial charge in [0.15, 0.2) is 0 Å². The number of hydrogen-bond donors (Lipinski definition) is 4. The summed E-state index contributed by atoms with van der Waals surface area (Å²) in [6.07, 6.45) is 5.20. The van der Waals surface area contributed by atoms with Crippen molar-refractivity contribution in [3.05, 3.63) is 102 Å². The van der Waals surface area contributed by atoms with Crippen LogP contribution in [0.3, 0.4) is 0 Å². The first-order chi connectivity index (χ1) is 18.3. The molecule has 3 aromatic carbocycles. The van der Waals surface area contributed by atoms with Gasteiger partial charge in [0.05, 0.1) is 17.0 Å². The number of carbonyl (C=O) groups excluding carboxylic acids is 2. The highest BCUT2D eigenvalue weighted by atomic mass is 32.2. The highest BCUT2D eigenvalue weighted by Crippen LogP contribution is 2.29. The maximum atomic E-state index is 13.1. The fraction of sp³-hybridized carbons (Fsp3) is 0.310. The highest BCUT2D eigenvalue weighted by Gasteiger charge is 2.30. The number of hydrogen-bond acceptors (Lipinski definition) is 4. The Hall–Kier alpha value is -3.85. The Balaban J connectivity index is 1.59. The van der Waals surface area contributed by atoms with Crippen LogP contribution < -0.4 is 20.7 Å². The molecule has 0 heterocycles. The summed E-state index contributed by atoms with van der Waals surface area (Å²) in [5.74, 6) is 0. The van der Waals surface area contributed by atoms with E-state index in [2.05, 4.69) is 20.7 Å². The van der Waals surface area contributed by atoms with E-state index in [4.69, 9.17) is 0 Å². The number of urea groups is 2. The lowest BCUT2D eigenvalue weighted by Gasteiger charge is -2.31. The molecule has 1 fully saturated rings. The standard InChI is InChI=1S/C29H34N4O4S/c1-21-17-19-25(20-18-21)38(36,37)33-29(35)32-27(23-13-7-3-8-14-23)26(22-11-5-2-6-12-22)31-28(34)30-24-15-9-4-10-16-24/h2-3,5-8,11-14,17-20,24,26-27H,4,9-10,15-16H2,1H3,(H2,30,31,34)(H2,32,33,35)/t26-,27-/m1/s1. The monoisotopic (exact) mass is 534 g/mol. The first kappa shape index (κ1) is 27.2. The van der Waals surface area contributed by atoms with Crippen LogP contribution in [0.25, 0.3) is 0 Å². The molecule has 0 radical (unpaired) electrons. The van der Waals surface area contributed by atoms with Crippen molar-refractivity contribution in [2.24, 2.45) is 0 Å². The molecule has 1 aliphatic carbocycles. The van der Waals surface area contributed by atoms with Crippen molar-refractivity contribution in [1.82, 2.24) is 20.7 Å². The van der Waals surface area contributed by atoms with Crippen LogP contribution in [0, 0.1) is 6.92 Å². The van der Waals surface area contributed by atoms with E-state index in [0.717, 1.165) is 36.8 Å². The van der Waals surface area contributed by atoms with Crippen LogP contribution in [-0.4, -0.2) is 26.5 Å². The number of sulfonamides is 1. The molecule has 8 nitrogen and oxygen atoms in total. The Kier molecular flexibility index (Phi) is 9.02. The van der Waals surface area contributed by atoms with E-state index in [1.807, 2.05) is 67.6 Å². The molecular formula is C29H34N4O4S. The van der Waals surface area contributed by atoms with Gasteiger partial charge in [0.2, 0.25) is 0 Å². The van der Waals surface area contributed by atoms with E-state index in [0.29, 0.717) is 5.56 Å². The molecule has 1 saturated carbocycles. The van der Waals surface area contributed by atoms with Crippen molar-refractivity contribution in [3.8, 4) is 0 Å². The summed E-state index contributed by atoms with van der Waals surface area (Å²) in [7, 11) is -4.10. The predicted molar refractivity (Wildman–Crippen MR) is 147 cm³/mol. The van der Waals surface area contributed by atoms with Gasteiger partial charge in [-0.15, -0.1) is 0 Å². The molecule has 0 spiro atoms. The number of carbonyl (C=O) groups is 2. The molecule has 200 valence electrons. The molecular weight excluding hydrogens is 500 g/mol. The summed E-state index contributed by atoms with van der Waals surface area (Å²) in [4.78, 5) is 26.2. The average Bonchev–Trinajstić information content (AvgIpc) is 2.92. The van der Waals surface area contributed by atoms with E-state index in [-0.39, 0.29) is 17.0 Å². The third-order valence-electron chi connectivity index (χ3n) is 6.72. The van der Waals surface area contributed by atoms with Crippen LogP contribution in [0.2, 0.25) is 0 Å². The van der Waals surface area contributed by atoms with Crippen LogP contribution in [-0.2, 0) is 10.0 Å². The Morgan fingerprint density at radius 1 is 0.711 bits per heavy atom. The molecule has 3 aromatic rings. The van der Waals surface area contributed by atoms with Gasteiger partial charge in [0.1, 0.15) is 0 Å². The fourth-order valence-corrected chi connectivity index (χ4v) is 5.64. The first-order valence-corrected chi connectivity index (χ1v) is 14.4. The van der Waals surface area contributed by atoms with E-state index < -0.39 is 28.1 Å². The summed E-state index contributed by atoms with van der Waals surface area (Å²) < 4.78 is 27.8. The van der Waals surface area contributed by atoms with Crippen molar-refractivity contribution >= 4 is 22.1 Å². The molecule has 0 aliphatic heterocycles. The average molecular weight is 535 g/mol. The number of nitrogens with one attached hydrogen (secondary N) is 4. The smallest absolute Gasteiger partial charge is 0.329 e.